The van der Waals surface area contributed by atoms with Gasteiger partial charge in [-0.15, -0.1) is 0 Å². The number of benzene rings is 3. The smallest absolute Gasteiger partial charge is 0.173 e. The van der Waals surface area contributed by atoms with E-state index in [1.54, 1.807) is 0 Å². The number of hydrogen-bond donors (Lipinski definition) is 1. The standard InChI is InChI=1S/C27H23Cl2N5S/c28-23-4-1-3-22(13-23)18-33(27(35)32-25-6-2-5-24(29)14-25)12-11-26-16-31-19-34(26)17-21-9-7-20(15-30)8-10-21/h1-10,13-14,16,19H,11-12,17-18H2,(H,32,35). The summed E-state index contributed by atoms with van der Waals surface area (Å²) >= 11 is 18.1. The lowest BCUT2D eigenvalue weighted by Gasteiger charge is -2.26. The van der Waals surface area contributed by atoms with Gasteiger partial charge in [-0.2, -0.15) is 5.26 Å². The molecule has 5 nitrogen and oxygen atoms in total. The van der Waals surface area contributed by atoms with Gasteiger partial charge in [0, 0.05) is 53.7 Å². The lowest BCUT2D eigenvalue weighted by atomic mass is 10.1. The van der Waals surface area contributed by atoms with Crippen molar-refractivity contribution in [2.45, 2.75) is 19.5 Å². The lowest BCUT2D eigenvalue weighted by molar-refractivity contribution is 0.418. The maximum Gasteiger partial charge on any atom is 0.173 e. The molecular weight excluding hydrogens is 497 g/mol. The van der Waals surface area contributed by atoms with Crippen LogP contribution in [-0.4, -0.2) is 26.1 Å². The molecule has 0 aliphatic rings. The van der Waals surface area contributed by atoms with E-state index in [1.165, 1.54) is 0 Å². The normalized spacial score (nSPS) is 10.5. The van der Waals surface area contributed by atoms with Crippen LogP contribution in [0.3, 0.4) is 0 Å². The molecule has 0 fully saturated rings. The fraction of sp³-hybridized carbons (Fsp3) is 0.148. The van der Waals surface area contributed by atoms with Crippen LogP contribution in [0.15, 0.2) is 85.3 Å². The van der Waals surface area contributed by atoms with Crippen molar-refractivity contribution in [2.75, 3.05) is 11.9 Å². The largest absolute Gasteiger partial charge is 0.344 e. The van der Waals surface area contributed by atoms with Gasteiger partial charge in [-0.25, -0.2) is 4.98 Å². The van der Waals surface area contributed by atoms with E-state index in [-0.39, 0.29) is 0 Å². The highest BCUT2D eigenvalue weighted by atomic mass is 35.5. The minimum absolute atomic E-state index is 0.602. The van der Waals surface area contributed by atoms with Gasteiger partial charge in [-0.1, -0.05) is 53.5 Å². The number of halogens is 2. The van der Waals surface area contributed by atoms with Gasteiger partial charge in [0.25, 0.3) is 0 Å². The zero-order valence-electron chi connectivity index (χ0n) is 18.9. The molecule has 0 aliphatic heterocycles. The molecule has 0 spiro atoms. The minimum atomic E-state index is 0.602. The quantitative estimate of drug-likeness (QED) is 0.267. The van der Waals surface area contributed by atoms with Crippen molar-refractivity contribution in [3.8, 4) is 6.07 Å². The molecule has 0 amide bonds. The molecular formula is C27H23Cl2N5S. The van der Waals surface area contributed by atoms with Crippen molar-refractivity contribution in [3.63, 3.8) is 0 Å². The van der Waals surface area contributed by atoms with Gasteiger partial charge in [0.05, 0.1) is 18.0 Å². The summed E-state index contributed by atoms with van der Waals surface area (Å²) in [5.74, 6) is 0. The SMILES string of the molecule is N#Cc1ccc(Cn2cncc2CCN(Cc2cccc(Cl)c2)C(=S)Nc2cccc(Cl)c2)cc1. The number of nitriles is 1. The fourth-order valence-corrected chi connectivity index (χ4v) is 4.38. The first-order chi connectivity index (χ1) is 17.0. The number of imidazole rings is 1. The van der Waals surface area contributed by atoms with E-state index in [4.69, 9.17) is 40.7 Å². The van der Waals surface area contributed by atoms with Crippen molar-refractivity contribution in [2.24, 2.45) is 0 Å². The maximum atomic E-state index is 9.02. The van der Waals surface area contributed by atoms with Crippen LogP contribution < -0.4 is 5.32 Å². The molecule has 1 heterocycles. The van der Waals surface area contributed by atoms with Crippen molar-refractivity contribution >= 4 is 46.2 Å². The molecule has 1 N–H and O–H groups in total. The molecule has 0 radical (unpaired) electrons. The molecule has 4 aromatic rings. The van der Waals surface area contributed by atoms with Crippen molar-refractivity contribution < 1.29 is 0 Å². The van der Waals surface area contributed by atoms with Gasteiger partial charge in [0.1, 0.15) is 0 Å². The van der Waals surface area contributed by atoms with Crippen LogP contribution in [0.1, 0.15) is 22.4 Å². The lowest BCUT2D eigenvalue weighted by Crippen LogP contribution is -2.36. The maximum absolute atomic E-state index is 9.02. The van der Waals surface area contributed by atoms with E-state index in [9.17, 15) is 0 Å². The van der Waals surface area contributed by atoms with Crippen molar-refractivity contribution in [1.82, 2.24) is 14.5 Å². The zero-order chi connectivity index (χ0) is 24.6. The van der Waals surface area contributed by atoms with E-state index >= 15 is 0 Å². The molecule has 0 aliphatic carbocycles. The number of nitrogens with one attached hydrogen (secondary N) is 1. The average Bonchev–Trinajstić information content (AvgIpc) is 3.29. The Hall–Kier alpha value is -3.37. The first-order valence-corrected chi connectivity index (χ1v) is 12.2. The number of thiocarbonyl (C=S) groups is 1. The summed E-state index contributed by atoms with van der Waals surface area (Å²) < 4.78 is 2.12. The van der Waals surface area contributed by atoms with Crippen LogP contribution in [-0.2, 0) is 19.5 Å². The number of anilines is 1. The molecule has 0 unspecified atom stereocenters. The topological polar surface area (TPSA) is 56.9 Å². The Bertz CT molecular complexity index is 1340. The Morgan fingerprint density at radius 1 is 1.00 bits per heavy atom. The number of hydrogen-bond acceptors (Lipinski definition) is 3. The van der Waals surface area contributed by atoms with E-state index in [0.717, 1.165) is 28.9 Å². The fourth-order valence-electron chi connectivity index (χ4n) is 3.71. The Balaban J connectivity index is 1.48. The van der Waals surface area contributed by atoms with Gasteiger partial charge < -0.3 is 14.8 Å². The molecule has 1 aromatic heterocycles. The second kappa shape index (κ2) is 11.9. The van der Waals surface area contributed by atoms with Crippen LogP contribution in [0.4, 0.5) is 5.69 Å². The Morgan fingerprint density at radius 2 is 1.74 bits per heavy atom. The van der Waals surface area contributed by atoms with Gasteiger partial charge in [-0.05, 0) is 65.8 Å². The summed E-state index contributed by atoms with van der Waals surface area (Å²) in [6.07, 6.45) is 4.46. The Morgan fingerprint density at radius 3 is 2.46 bits per heavy atom. The number of nitrogens with zero attached hydrogens (tertiary/aromatic N) is 4. The molecule has 0 saturated carbocycles. The van der Waals surface area contributed by atoms with Crippen LogP contribution in [0.5, 0.6) is 0 Å². The molecule has 35 heavy (non-hydrogen) atoms. The second-order valence-electron chi connectivity index (χ2n) is 8.06. The molecule has 3 aromatic carbocycles. The number of rotatable bonds is 8. The summed E-state index contributed by atoms with van der Waals surface area (Å²) in [7, 11) is 0. The average molecular weight is 520 g/mol. The Labute approximate surface area is 220 Å². The molecule has 0 bridgehead atoms. The third-order valence-electron chi connectivity index (χ3n) is 5.50. The first kappa shape index (κ1) is 24.7. The molecule has 0 saturated heterocycles. The third kappa shape index (κ3) is 7.06. The summed E-state index contributed by atoms with van der Waals surface area (Å²) in [4.78, 5) is 6.47. The molecule has 4 rings (SSSR count). The van der Waals surface area contributed by atoms with Crippen LogP contribution in [0.2, 0.25) is 10.0 Å². The highest BCUT2D eigenvalue weighted by molar-refractivity contribution is 7.80. The van der Waals surface area contributed by atoms with E-state index in [0.29, 0.717) is 40.4 Å². The third-order valence-corrected chi connectivity index (χ3v) is 6.33. The second-order valence-corrected chi connectivity index (χ2v) is 9.32. The molecule has 0 atom stereocenters. The highest BCUT2D eigenvalue weighted by Crippen LogP contribution is 2.18. The van der Waals surface area contributed by atoms with Crippen LogP contribution in [0, 0.1) is 11.3 Å². The van der Waals surface area contributed by atoms with E-state index in [2.05, 4.69) is 25.8 Å². The Kier molecular flexibility index (Phi) is 8.38. The summed E-state index contributed by atoms with van der Waals surface area (Å²) in [6.45, 7) is 1.97. The summed E-state index contributed by atoms with van der Waals surface area (Å²) in [5, 5.41) is 14.3. The van der Waals surface area contributed by atoms with Crippen LogP contribution >= 0.6 is 35.4 Å². The van der Waals surface area contributed by atoms with E-state index in [1.807, 2.05) is 85.3 Å². The van der Waals surface area contributed by atoms with Crippen LogP contribution in [0.25, 0.3) is 0 Å². The van der Waals surface area contributed by atoms with Gasteiger partial charge in [0.2, 0.25) is 0 Å². The summed E-state index contributed by atoms with van der Waals surface area (Å²) in [6, 6.07) is 25.0. The first-order valence-electron chi connectivity index (χ1n) is 11.0. The van der Waals surface area contributed by atoms with Gasteiger partial charge in [-0.3, -0.25) is 0 Å². The van der Waals surface area contributed by atoms with E-state index < -0.39 is 0 Å². The number of aromatic nitrogens is 2. The van der Waals surface area contributed by atoms with Crippen molar-refractivity contribution in [3.05, 3.63) is 118 Å². The highest BCUT2D eigenvalue weighted by Gasteiger charge is 2.14. The molecule has 176 valence electrons. The van der Waals surface area contributed by atoms with Gasteiger partial charge >= 0.3 is 0 Å². The molecule has 8 heteroatoms. The predicted molar refractivity (Wildman–Crippen MR) is 146 cm³/mol. The predicted octanol–water partition coefficient (Wildman–Crippen LogP) is 6.55. The van der Waals surface area contributed by atoms with Gasteiger partial charge in [0.15, 0.2) is 5.11 Å². The zero-order valence-corrected chi connectivity index (χ0v) is 21.2. The summed E-state index contributed by atoms with van der Waals surface area (Å²) in [5.41, 5.74) is 4.76. The van der Waals surface area contributed by atoms with Crippen molar-refractivity contribution in [1.29, 1.82) is 5.26 Å². The minimum Gasteiger partial charge on any atom is -0.344 e. The monoisotopic (exact) mass is 519 g/mol.